The van der Waals surface area contributed by atoms with E-state index in [1.807, 2.05) is 13.0 Å². The summed E-state index contributed by atoms with van der Waals surface area (Å²) >= 11 is 1.74. The molecule has 0 unspecified atom stereocenters. The van der Waals surface area contributed by atoms with Crippen LogP contribution in [0.3, 0.4) is 0 Å². The van der Waals surface area contributed by atoms with Crippen molar-refractivity contribution in [3.63, 3.8) is 0 Å². The first-order valence-electron chi connectivity index (χ1n) is 7.13. The van der Waals surface area contributed by atoms with E-state index in [1.165, 1.54) is 11.1 Å². The molecule has 1 aromatic heterocycles. The largest absolute Gasteiger partial charge is 0.289 e. The van der Waals surface area contributed by atoms with Crippen molar-refractivity contribution < 1.29 is 0 Å². The quantitative estimate of drug-likeness (QED) is 0.614. The molecular formula is C18H18OS. The zero-order chi connectivity index (χ0) is 14.3. The number of aryl methyl sites for hydroxylation is 3. The number of fused-ring (bicyclic) bond motifs is 2. The van der Waals surface area contributed by atoms with Crippen LogP contribution in [0.4, 0.5) is 0 Å². The first kappa shape index (κ1) is 13.3. The maximum absolute atomic E-state index is 12.8. The molecule has 0 aliphatic carbocycles. The van der Waals surface area contributed by atoms with Crippen LogP contribution in [0.25, 0.3) is 20.2 Å². The molecule has 3 rings (SSSR count). The van der Waals surface area contributed by atoms with Crippen molar-refractivity contribution >= 4 is 31.5 Å². The molecule has 0 radical (unpaired) electrons. The topological polar surface area (TPSA) is 17.1 Å². The molecule has 0 spiro atoms. The average Bonchev–Trinajstić information content (AvgIpc) is 2.47. The zero-order valence-electron chi connectivity index (χ0n) is 12.1. The maximum atomic E-state index is 12.8. The van der Waals surface area contributed by atoms with Crippen LogP contribution < -0.4 is 5.43 Å². The molecule has 3 aromatic rings. The molecule has 0 saturated carbocycles. The summed E-state index contributed by atoms with van der Waals surface area (Å²) in [6, 6.07) is 10.5. The minimum atomic E-state index is 0.183. The highest BCUT2D eigenvalue weighted by Gasteiger charge is 2.10. The monoisotopic (exact) mass is 282 g/mol. The van der Waals surface area contributed by atoms with Gasteiger partial charge >= 0.3 is 0 Å². The Morgan fingerprint density at radius 1 is 1.00 bits per heavy atom. The van der Waals surface area contributed by atoms with E-state index in [9.17, 15) is 4.79 Å². The Bertz CT molecular complexity index is 859. The van der Waals surface area contributed by atoms with Gasteiger partial charge in [-0.2, -0.15) is 0 Å². The standard InChI is InChI=1S/C18H18OS/c1-4-12-9-13(5-2)18-15(10-12)17(19)14-8-11(3)6-7-16(14)20-18/h6-10H,4-5H2,1-3H3. The van der Waals surface area contributed by atoms with Crippen molar-refractivity contribution in [2.24, 2.45) is 0 Å². The summed E-state index contributed by atoms with van der Waals surface area (Å²) in [7, 11) is 0. The van der Waals surface area contributed by atoms with Gasteiger partial charge in [-0.25, -0.2) is 0 Å². The Labute approximate surface area is 122 Å². The van der Waals surface area contributed by atoms with Crippen molar-refractivity contribution in [1.29, 1.82) is 0 Å². The normalized spacial score (nSPS) is 11.3. The van der Waals surface area contributed by atoms with Gasteiger partial charge in [0, 0.05) is 20.2 Å². The average molecular weight is 282 g/mol. The van der Waals surface area contributed by atoms with Crippen LogP contribution in [0, 0.1) is 6.92 Å². The third-order valence-electron chi connectivity index (χ3n) is 3.85. The molecule has 2 aromatic carbocycles. The molecule has 0 aliphatic rings. The van der Waals surface area contributed by atoms with Crippen LogP contribution in [0.15, 0.2) is 35.1 Å². The van der Waals surface area contributed by atoms with Crippen LogP contribution in [-0.2, 0) is 12.8 Å². The van der Waals surface area contributed by atoms with Crippen molar-refractivity contribution in [2.45, 2.75) is 33.6 Å². The molecule has 102 valence electrons. The second-order valence-electron chi connectivity index (χ2n) is 5.27. The lowest BCUT2D eigenvalue weighted by atomic mass is 10.0. The lowest BCUT2D eigenvalue weighted by Crippen LogP contribution is -2.03. The fourth-order valence-corrected chi connectivity index (χ4v) is 3.89. The Morgan fingerprint density at radius 3 is 2.50 bits per heavy atom. The Morgan fingerprint density at radius 2 is 1.80 bits per heavy atom. The molecule has 1 heterocycles. The molecule has 0 bridgehead atoms. The lowest BCUT2D eigenvalue weighted by Gasteiger charge is -2.08. The fourth-order valence-electron chi connectivity index (χ4n) is 2.68. The number of hydrogen-bond donors (Lipinski definition) is 0. The van der Waals surface area contributed by atoms with Crippen molar-refractivity contribution in [1.82, 2.24) is 0 Å². The summed E-state index contributed by atoms with van der Waals surface area (Å²) in [4.78, 5) is 12.8. The van der Waals surface area contributed by atoms with Crippen molar-refractivity contribution in [3.05, 3.63) is 57.2 Å². The van der Waals surface area contributed by atoms with Crippen LogP contribution in [0.5, 0.6) is 0 Å². The SMILES string of the molecule is CCc1cc(CC)c2sc3ccc(C)cc3c(=O)c2c1. The molecule has 20 heavy (non-hydrogen) atoms. The molecule has 0 aliphatic heterocycles. The first-order chi connectivity index (χ1) is 9.63. The molecule has 0 atom stereocenters. The van der Waals surface area contributed by atoms with Gasteiger partial charge in [-0.1, -0.05) is 31.5 Å². The van der Waals surface area contributed by atoms with E-state index >= 15 is 0 Å². The van der Waals surface area contributed by atoms with E-state index in [0.717, 1.165) is 38.6 Å². The molecule has 2 heteroatoms. The molecule has 0 fully saturated rings. The van der Waals surface area contributed by atoms with Crippen LogP contribution in [0.2, 0.25) is 0 Å². The van der Waals surface area contributed by atoms with E-state index in [-0.39, 0.29) is 5.43 Å². The summed E-state index contributed by atoms with van der Waals surface area (Å²) < 4.78 is 2.25. The smallest absolute Gasteiger partial charge is 0.195 e. The number of benzene rings is 2. The van der Waals surface area contributed by atoms with Gasteiger partial charge in [0.1, 0.15) is 0 Å². The van der Waals surface area contributed by atoms with E-state index in [0.29, 0.717) is 0 Å². The molecular weight excluding hydrogens is 264 g/mol. The van der Waals surface area contributed by atoms with Gasteiger partial charge in [-0.3, -0.25) is 4.79 Å². The van der Waals surface area contributed by atoms with Gasteiger partial charge in [0.2, 0.25) is 0 Å². The van der Waals surface area contributed by atoms with Gasteiger partial charge < -0.3 is 0 Å². The van der Waals surface area contributed by atoms with Gasteiger partial charge in [0.05, 0.1) is 0 Å². The Balaban J connectivity index is 2.52. The van der Waals surface area contributed by atoms with Gasteiger partial charge in [0.25, 0.3) is 0 Å². The first-order valence-corrected chi connectivity index (χ1v) is 7.94. The van der Waals surface area contributed by atoms with Crippen LogP contribution in [0.1, 0.15) is 30.5 Å². The van der Waals surface area contributed by atoms with Gasteiger partial charge in [-0.05, 0) is 49.1 Å². The second-order valence-corrected chi connectivity index (χ2v) is 6.32. The highest BCUT2D eigenvalue weighted by atomic mass is 32.1. The van der Waals surface area contributed by atoms with E-state index in [4.69, 9.17) is 0 Å². The Hall–Kier alpha value is -1.67. The minimum Gasteiger partial charge on any atom is -0.289 e. The predicted molar refractivity (Wildman–Crippen MR) is 89.1 cm³/mol. The fraction of sp³-hybridized carbons (Fsp3) is 0.278. The second kappa shape index (κ2) is 5.02. The lowest BCUT2D eigenvalue weighted by molar-refractivity contribution is 1.10. The summed E-state index contributed by atoms with van der Waals surface area (Å²) in [6.45, 7) is 6.33. The molecule has 0 N–H and O–H groups in total. The molecule has 1 nitrogen and oxygen atoms in total. The predicted octanol–water partition coefficient (Wildman–Crippen LogP) is 4.85. The van der Waals surface area contributed by atoms with E-state index in [2.05, 4.69) is 38.1 Å². The van der Waals surface area contributed by atoms with Gasteiger partial charge in [0.15, 0.2) is 5.43 Å². The van der Waals surface area contributed by atoms with Crippen molar-refractivity contribution in [3.8, 4) is 0 Å². The number of hydrogen-bond acceptors (Lipinski definition) is 2. The third kappa shape index (κ3) is 2.04. The zero-order valence-corrected chi connectivity index (χ0v) is 12.9. The summed E-state index contributed by atoms with van der Waals surface area (Å²) in [6.07, 6.45) is 1.94. The van der Waals surface area contributed by atoms with Crippen molar-refractivity contribution in [2.75, 3.05) is 0 Å². The van der Waals surface area contributed by atoms with Crippen LogP contribution >= 0.6 is 11.3 Å². The molecule has 0 saturated heterocycles. The molecule has 0 amide bonds. The Kier molecular flexibility index (Phi) is 3.35. The minimum absolute atomic E-state index is 0.183. The van der Waals surface area contributed by atoms with E-state index < -0.39 is 0 Å². The van der Waals surface area contributed by atoms with E-state index in [1.54, 1.807) is 11.3 Å². The summed E-state index contributed by atoms with van der Waals surface area (Å²) in [5.74, 6) is 0. The summed E-state index contributed by atoms with van der Waals surface area (Å²) in [5.41, 5.74) is 3.88. The summed E-state index contributed by atoms with van der Waals surface area (Å²) in [5, 5.41) is 1.75. The maximum Gasteiger partial charge on any atom is 0.195 e. The van der Waals surface area contributed by atoms with Crippen LogP contribution in [-0.4, -0.2) is 0 Å². The highest BCUT2D eigenvalue weighted by Crippen LogP contribution is 2.29. The van der Waals surface area contributed by atoms with Gasteiger partial charge in [-0.15, -0.1) is 11.3 Å². The number of rotatable bonds is 2. The third-order valence-corrected chi connectivity index (χ3v) is 5.11. The highest BCUT2D eigenvalue weighted by molar-refractivity contribution is 7.24.